The molecule has 0 amide bonds. The number of imidazole rings is 1. The van der Waals surface area contributed by atoms with E-state index in [9.17, 15) is 15.3 Å². The van der Waals surface area contributed by atoms with Crippen molar-refractivity contribution in [3.8, 4) is 0 Å². The SMILES string of the molecule is Nc1ncnc2c1ncn2[C@]1(C2CCCC2OCc2ccccc2)O[C@H](CO)[C@@H](O)[C@H]1O. The van der Waals surface area contributed by atoms with E-state index in [4.69, 9.17) is 15.2 Å². The molecule has 2 unspecified atom stereocenters. The molecule has 0 bridgehead atoms. The number of nitrogen functional groups attached to an aromatic ring is 1. The summed E-state index contributed by atoms with van der Waals surface area (Å²) in [6.07, 6.45) is 1.34. The van der Waals surface area contributed by atoms with E-state index in [1.807, 2.05) is 30.3 Å². The molecule has 1 saturated carbocycles. The van der Waals surface area contributed by atoms with Gasteiger partial charge in [-0.15, -0.1) is 0 Å². The molecule has 1 aliphatic carbocycles. The number of nitrogens with zero attached hydrogens (tertiary/aromatic N) is 4. The lowest BCUT2D eigenvalue weighted by atomic mass is 9.86. The Morgan fingerprint density at radius 3 is 2.72 bits per heavy atom. The second-order valence-electron chi connectivity index (χ2n) is 8.44. The fraction of sp³-hybridized carbons (Fsp3) is 0.500. The number of hydrogen-bond acceptors (Lipinski definition) is 9. The van der Waals surface area contributed by atoms with Crippen molar-refractivity contribution in [1.82, 2.24) is 19.5 Å². The van der Waals surface area contributed by atoms with Crippen LogP contribution in [0, 0.1) is 5.92 Å². The molecule has 3 heterocycles. The van der Waals surface area contributed by atoms with E-state index < -0.39 is 30.6 Å². The Morgan fingerprint density at radius 1 is 1.16 bits per heavy atom. The highest BCUT2D eigenvalue weighted by molar-refractivity contribution is 5.81. The minimum absolute atomic E-state index is 0.207. The highest BCUT2D eigenvalue weighted by atomic mass is 16.6. The molecule has 0 radical (unpaired) electrons. The van der Waals surface area contributed by atoms with Gasteiger partial charge in [0.05, 0.1) is 25.6 Å². The molecule has 1 aromatic carbocycles. The maximum Gasteiger partial charge on any atom is 0.181 e. The zero-order valence-corrected chi connectivity index (χ0v) is 17.5. The van der Waals surface area contributed by atoms with Crippen LogP contribution in [0.15, 0.2) is 43.0 Å². The van der Waals surface area contributed by atoms with E-state index in [1.165, 1.54) is 12.7 Å². The fourth-order valence-electron chi connectivity index (χ4n) is 5.14. The number of nitrogens with two attached hydrogens (primary N) is 1. The Bertz CT molecular complexity index is 1080. The van der Waals surface area contributed by atoms with Gasteiger partial charge in [0.2, 0.25) is 0 Å². The average Bonchev–Trinajstić information content (AvgIpc) is 3.52. The van der Waals surface area contributed by atoms with E-state index in [-0.39, 0.29) is 17.8 Å². The van der Waals surface area contributed by atoms with Gasteiger partial charge in [0.15, 0.2) is 17.2 Å². The van der Waals surface area contributed by atoms with Crippen LogP contribution in [0.25, 0.3) is 11.2 Å². The quantitative estimate of drug-likeness (QED) is 0.430. The third-order valence-corrected chi connectivity index (χ3v) is 6.68. The predicted molar refractivity (Wildman–Crippen MR) is 114 cm³/mol. The van der Waals surface area contributed by atoms with Crippen molar-refractivity contribution in [3.05, 3.63) is 48.5 Å². The molecule has 2 aromatic heterocycles. The lowest BCUT2D eigenvalue weighted by Crippen LogP contribution is -2.53. The number of fused-ring (bicyclic) bond motifs is 1. The molecule has 2 fully saturated rings. The van der Waals surface area contributed by atoms with Gasteiger partial charge in [-0.25, -0.2) is 15.0 Å². The number of anilines is 1. The third kappa shape index (κ3) is 3.26. The summed E-state index contributed by atoms with van der Waals surface area (Å²) in [6.45, 7) is -0.0219. The molecule has 5 N–H and O–H groups in total. The molecule has 170 valence electrons. The van der Waals surface area contributed by atoms with E-state index in [0.717, 1.165) is 18.4 Å². The van der Waals surface area contributed by atoms with Gasteiger partial charge in [-0.3, -0.25) is 4.57 Å². The third-order valence-electron chi connectivity index (χ3n) is 6.68. The van der Waals surface area contributed by atoms with Crippen LogP contribution < -0.4 is 5.73 Å². The maximum atomic E-state index is 11.3. The highest BCUT2D eigenvalue weighted by Crippen LogP contribution is 2.50. The van der Waals surface area contributed by atoms with Crippen molar-refractivity contribution < 1.29 is 24.8 Å². The van der Waals surface area contributed by atoms with Crippen molar-refractivity contribution in [2.45, 2.75) is 56.0 Å². The Morgan fingerprint density at radius 2 is 1.97 bits per heavy atom. The molecular formula is C22H27N5O5. The first-order chi connectivity index (χ1) is 15.6. The average molecular weight is 441 g/mol. The van der Waals surface area contributed by atoms with Crippen LogP contribution in [0.3, 0.4) is 0 Å². The zero-order chi connectivity index (χ0) is 22.3. The largest absolute Gasteiger partial charge is 0.394 e. The minimum atomic E-state index is -1.43. The molecule has 1 saturated heterocycles. The summed E-state index contributed by atoms with van der Waals surface area (Å²) in [4.78, 5) is 12.7. The smallest absolute Gasteiger partial charge is 0.181 e. The maximum absolute atomic E-state index is 11.3. The monoisotopic (exact) mass is 441 g/mol. The molecule has 0 spiro atoms. The van der Waals surface area contributed by atoms with E-state index in [0.29, 0.717) is 24.2 Å². The van der Waals surface area contributed by atoms with Crippen LogP contribution >= 0.6 is 0 Å². The zero-order valence-electron chi connectivity index (χ0n) is 17.5. The number of aliphatic hydroxyl groups is 3. The van der Waals surface area contributed by atoms with E-state index >= 15 is 0 Å². The van der Waals surface area contributed by atoms with Crippen molar-refractivity contribution in [2.75, 3.05) is 12.3 Å². The van der Waals surface area contributed by atoms with Crippen LogP contribution in [0.1, 0.15) is 24.8 Å². The van der Waals surface area contributed by atoms with Crippen LogP contribution in [-0.2, 0) is 21.8 Å². The van der Waals surface area contributed by atoms with Gasteiger partial charge in [0.25, 0.3) is 0 Å². The van der Waals surface area contributed by atoms with Crippen LogP contribution in [0.5, 0.6) is 0 Å². The Hall–Kier alpha value is -2.63. The van der Waals surface area contributed by atoms with Gasteiger partial charge in [0, 0.05) is 5.92 Å². The fourth-order valence-corrected chi connectivity index (χ4v) is 5.14. The first-order valence-electron chi connectivity index (χ1n) is 10.8. The summed E-state index contributed by atoms with van der Waals surface area (Å²) in [6, 6.07) is 9.86. The normalized spacial score (nSPS) is 32.7. The molecule has 10 heteroatoms. The number of aliphatic hydroxyl groups excluding tert-OH is 3. The summed E-state index contributed by atoms with van der Waals surface area (Å²) in [7, 11) is 0. The Balaban J connectivity index is 1.56. The summed E-state index contributed by atoms with van der Waals surface area (Å²) in [5.74, 6) is -0.111. The molecular weight excluding hydrogens is 414 g/mol. The molecule has 3 aromatic rings. The first kappa shape index (κ1) is 21.2. The standard InChI is InChI=1S/C22H27N5O5/c23-20-17-21(25-11-24-20)27(12-26-17)22(19(30)18(29)16(9-28)32-22)14-7-4-8-15(14)31-10-13-5-2-1-3-6-13/h1-3,5-6,11-12,14-16,18-19,28-30H,4,7-10H2,(H2,23,24,25)/t14?,15?,16-,18-,19-,22-/m1/s1. The Kier molecular flexibility index (Phi) is 5.56. The first-order valence-corrected chi connectivity index (χ1v) is 10.8. The predicted octanol–water partition coefficient (Wildman–Crippen LogP) is 0.560. The number of ether oxygens (including phenoxy) is 2. The van der Waals surface area contributed by atoms with Crippen molar-refractivity contribution in [3.63, 3.8) is 0 Å². The minimum Gasteiger partial charge on any atom is -0.394 e. The van der Waals surface area contributed by atoms with Crippen LogP contribution in [0.2, 0.25) is 0 Å². The summed E-state index contributed by atoms with van der Waals surface area (Å²) < 4.78 is 14.2. The molecule has 1 aliphatic heterocycles. The van der Waals surface area contributed by atoms with E-state index in [2.05, 4.69) is 15.0 Å². The van der Waals surface area contributed by atoms with Crippen molar-refractivity contribution in [2.24, 2.45) is 5.92 Å². The number of hydrogen-bond donors (Lipinski definition) is 4. The second kappa shape index (κ2) is 8.38. The van der Waals surface area contributed by atoms with Crippen molar-refractivity contribution >= 4 is 17.0 Å². The van der Waals surface area contributed by atoms with Crippen LogP contribution in [0.4, 0.5) is 5.82 Å². The van der Waals surface area contributed by atoms with Gasteiger partial charge in [-0.05, 0) is 18.4 Å². The molecule has 6 atom stereocenters. The lowest BCUT2D eigenvalue weighted by molar-refractivity contribution is -0.204. The number of aromatic nitrogens is 4. The van der Waals surface area contributed by atoms with Crippen molar-refractivity contribution in [1.29, 1.82) is 0 Å². The topological polar surface area (TPSA) is 149 Å². The van der Waals surface area contributed by atoms with Gasteiger partial charge < -0.3 is 30.5 Å². The van der Waals surface area contributed by atoms with Gasteiger partial charge in [-0.1, -0.05) is 36.8 Å². The molecule has 2 aliphatic rings. The number of rotatable bonds is 6. The van der Waals surface area contributed by atoms with Gasteiger partial charge in [0.1, 0.15) is 30.2 Å². The number of benzene rings is 1. The molecule has 5 rings (SSSR count). The van der Waals surface area contributed by atoms with E-state index in [1.54, 1.807) is 4.57 Å². The van der Waals surface area contributed by atoms with Crippen LogP contribution in [-0.4, -0.2) is 65.9 Å². The second-order valence-corrected chi connectivity index (χ2v) is 8.44. The van der Waals surface area contributed by atoms with Gasteiger partial charge in [-0.2, -0.15) is 0 Å². The summed E-state index contributed by atoms with van der Waals surface area (Å²) in [5.41, 5.74) is 6.35. The highest BCUT2D eigenvalue weighted by Gasteiger charge is 2.62. The lowest BCUT2D eigenvalue weighted by Gasteiger charge is -2.41. The molecule has 32 heavy (non-hydrogen) atoms. The Labute approximate surface area is 184 Å². The molecule has 10 nitrogen and oxygen atoms in total. The summed E-state index contributed by atoms with van der Waals surface area (Å²) >= 11 is 0. The summed E-state index contributed by atoms with van der Waals surface area (Å²) in [5, 5.41) is 31.8. The van der Waals surface area contributed by atoms with Gasteiger partial charge >= 0.3 is 0 Å².